The summed E-state index contributed by atoms with van der Waals surface area (Å²) in [6.07, 6.45) is 1.40. The van der Waals surface area contributed by atoms with Crippen molar-refractivity contribution in [3.05, 3.63) is 42.0 Å². The first-order chi connectivity index (χ1) is 8.18. The molecule has 4 N–H and O–H groups in total. The summed E-state index contributed by atoms with van der Waals surface area (Å²) in [4.78, 5) is 15.9. The van der Waals surface area contributed by atoms with E-state index in [0.29, 0.717) is 17.1 Å². The monoisotopic (exact) mass is 231 g/mol. The van der Waals surface area contributed by atoms with Gasteiger partial charge in [-0.05, 0) is 19.1 Å². The number of hydrogen-bond acceptors (Lipinski definition) is 4. The lowest BCUT2D eigenvalue weighted by molar-refractivity contribution is 0.0939. The first-order valence-electron chi connectivity index (χ1n) is 5.19. The molecule has 0 saturated carbocycles. The van der Waals surface area contributed by atoms with Crippen LogP contribution >= 0.6 is 0 Å². The van der Waals surface area contributed by atoms with E-state index in [2.05, 4.69) is 20.5 Å². The average molecular weight is 231 g/mol. The fourth-order valence-corrected chi connectivity index (χ4v) is 1.47. The second-order valence-corrected chi connectivity index (χ2v) is 3.65. The van der Waals surface area contributed by atoms with Crippen LogP contribution in [-0.4, -0.2) is 21.1 Å². The van der Waals surface area contributed by atoms with Crippen molar-refractivity contribution in [2.75, 3.05) is 5.73 Å². The highest BCUT2D eigenvalue weighted by Gasteiger charge is 2.14. The largest absolute Gasteiger partial charge is 0.398 e. The Hall–Kier alpha value is -2.37. The van der Waals surface area contributed by atoms with Crippen LogP contribution in [0.1, 0.15) is 29.1 Å². The summed E-state index contributed by atoms with van der Waals surface area (Å²) >= 11 is 0. The number of nitrogens with zero attached hydrogens (tertiary/aromatic N) is 2. The van der Waals surface area contributed by atoms with Crippen molar-refractivity contribution >= 4 is 11.6 Å². The van der Waals surface area contributed by atoms with Crippen molar-refractivity contribution in [1.82, 2.24) is 20.5 Å². The molecular formula is C11H13N5O. The molecule has 6 heteroatoms. The molecule has 1 aromatic heterocycles. The van der Waals surface area contributed by atoms with Crippen LogP contribution in [-0.2, 0) is 0 Å². The number of nitrogens with one attached hydrogen (secondary N) is 2. The van der Waals surface area contributed by atoms with Crippen LogP contribution < -0.4 is 11.1 Å². The molecule has 0 fully saturated rings. The number of nitrogen functional groups attached to an aromatic ring is 1. The van der Waals surface area contributed by atoms with E-state index in [1.165, 1.54) is 6.33 Å². The van der Waals surface area contributed by atoms with E-state index in [1.54, 1.807) is 24.3 Å². The first kappa shape index (κ1) is 11.1. The fourth-order valence-electron chi connectivity index (χ4n) is 1.47. The molecule has 88 valence electrons. The maximum atomic E-state index is 11.9. The van der Waals surface area contributed by atoms with Crippen LogP contribution in [0.2, 0.25) is 0 Å². The van der Waals surface area contributed by atoms with Crippen molar-refractivity contribution in [2.24, 2.45) is 0 Å². The number of carbonyl (C=O) groups is 1. The minimum atomic E-state index is -0.246. The van der Waals surface area contributed by atoms with Gasteiger partial charge in [0.2, 0.25) is 0 Å². The number of hydrogen-bond donors (Lipinski definition) is 3. The standard InChI is InChI=1S/C11H13N5O/c1-7(10-13-6-14-16-10)15-11(17)8-4-2-3-5-9(8)12/h2-7H,12H2,1H3,(H,15,17)(H,13,14,16). The number of aromatic nitrogens is 3. The number of H-pyrrole nitrogens is 1. The minimum Gasteiger partial charge on any atom is -0.398 e. The number of aromatic amines is 1. The van der Waals surface area contributed by atoms with Crippen molar-refractivity contribution in [3.8, 4) is 0 Å². The predicted molar refractivity (Wildman–Crippen MR) is 63.1 cm³/mol. The zero-order chi connectivity index (χ0) is 12.3. The van der Waals surface area contributed by atoms with E-state index in [9.17, 15) is 4.79 Å². The highest BCUT2D eigenvalue weighted by Crippen LogP contribution is 2.12. The number of amides is 1. The summed E-state index contributed by atoms with van der Waals surface area (Å²) < 4.78 is 0. The SMILES string of the molecule is CC(NC(=O)c1ccccc1N)c1ncn[nH]1. The average Bonchev–Trinajstić information content (AvgIpc) is 2.82. The molecule has 1 aromatic carbocycles. The molecule has 2 aromatic rings. The Morgan fingerprint density at radius 2 is 2.24 bits per heavy atom. The molecule has 0 saturated heterocycles. The van der Waals surface area contributed by atoms with E-state index < -0.39 is 0 Å². The van der Waals surface area contributed by atoms with Gasteiger partial charge in [-0.2, -0.15) is 5.10 Å². The molecule has 1 amide bonds. The van der Waals surface area contributed by atoms with Crippen molar-refractivity contribution in [1.29, 1.82) is 0 Å². The van der Waals surface area contributed by atoms with Crippen molar-refractivity contribution < 1.29 is 4.79 Å². The van der Waals surface area contributed by atoms with Crippen LogP contribution in [0.25, 0.3) is 0 Å². The number of nitrogens with two attached hydrogens (primary N) is 1. The van der Waals surface area contributed by atoms with Crippen LogP contribution in [0.5, 0.6) is 0 Å². The smallest absolute Gasteiger partial charge is 0.253 e. The first-order valence-corrected chi connectivity index (χ1v) is 5.19. The Kier molecular flexibility index (Phi) is 3.04. The van der Waals surface area contributed by atoms with Gasteiger partial charge in [-0.15, -0.1) is 0 Å². The predicted octanol–water partition coefficient (Wildman–Crippen LogP) is 0.878. The lowest BCUT2D eigenvalue weighted by atomic mass is 10.1. The summed E-state index contributed by atoms with van der Waals surface area (Å²) in [5.41, 5.74) is 6.63. The molecule has 0 bridgehead atoms. The van der Waals surface area contributed by atoms with E-state index in [0.717, 1.165) is 0 Å². The number of carbonyl (C=O) groups excluding carboxylic acids is 1. The van der Waals surface area contributed by atoms with Gasteiger partial charge in [0.25, 0.3) is 5.91 Å². The lowest BCUT2D eigenvalue weighted by Crippen LogP contribution is -2.28. The zero-order valence-corrected chi connectivity index (χ0v) is 9.34. The van der Waals surface area contributed by atoms with Gasteiger partial charge < -0.3 is 11.1 Å². The van der Waals surface area contributed by atoms with Gasteiger partial charge in [0.05, 0.1) is 11.6 Å². The van der Waals surface area contributed by atoms with Gasteiger partial charge in [0.1, 0.15) is 12.2 Å². The molecule has 0 spiro atoms. The Labute approximate surface area is 98.3 Å². The van der Waals surface area contributed by atoms with Crippen LogP contribution in [0.15, 0.2) is 30.6 Å². The maximum absolute atomic E-state index is 11.9. The van der Waals surface area contributed by atoms with Gasteiger partial charge >= 0.3 is 0 Å². The van der Waals surface area contributed by atoms with Crippen LogP contribution in [0.3, 0.4) is 0 Å². The summed E-state index contributed by atoms with van der Waals surface area (Å²) in [5.74, 6) is 0.375. The number of anilines is 1. The Morgan fingerprint density at radius 3 is 2.88 bits per heavy atom. The van der Waals surface area contributed by atoms with Crippen molar-refractivity contribution in [3.63, 3.8) is 0 Å². The van der Waals surface area contributed by atoms with E-state index in [4.69, 9.17) is 5.73 Å². The number of para-hydroxylation sites is 1. The third kappa shape index (κ3) is 2.41. The highest BCUT2D eigenvalue weighted by molar-refractivity contribution is 5.99. The summed E-state index contributed by atoms with van der Waals surface area (Å²) in [6.45, 7) is 1.82. The Balaban J connectivity index is 2.10. The quantitative estimate of drug-likeness (QED) is 0.683. The highest BCUT2D eigenvalue weighted by atomic mass is 16.1. The van der Waals surface area contributed by atoms with Crippen molar-refractivity contribution in [2.45, 2.75) is 13.0 Å². The lowest BCUT2D eigenvalue weighted by Gasteiger charge is -2.12. The molecule has 0 aliphatic carbocycles. The fraction of sp³-hybridized carbons (Fsp3) is 0.182. The molecule has 0 aliphatic rings. The molecule has 1 unspecified atom stereocenters. The van der Waals surface area contributed by atoms with Crippen LogP contribution in [0, 0.1) is 0 Å². The maximum Gasteiger partial charge on any atom is 0.253 e. The summed E-state index contributed by atoms with van der Waals surface area (Å²) in [6, 6.07) is 6.67. The normalized spacial score (nSPS) is 12.1. The van der Waals surface area contributed by atoms with E-state index >= 15 is 0 Å². The molecule has 2 rings (SSSR count). The molecule has 0 aliphatic heterocycles. The van der Waals surface area contributed by atoms with Gasteiger partial charge in [-0.25, -0.2) is 4.98 Å². The number of rotatable bonds is 3. The summed E-state index contributed by atoms with van der Waals surface area (Å²) in [5, 5.41) is 9.22. The second kappa shape index (κ2) is 4.65. The molecule has 17 heavy (non-hydrogen) atoms. The second-order valence-electron chi connectivity index (χ2n) is 3.65. The number of benzene rings is 1. The topological polar surface area (TPSA) is 96.7 Å². The summed E-state index contributed by atoms with van der Waals surface area (Å²) in [7, 11) is 0. The van der Waals surface area contributed by atoms with Gasteiger partial charge in [-0.1, -0.05) is 12.1 Å². The van der Waals surface area contributed by atoms with E-state index in [1.807, 2.05) is 6.92 Å². The van der Waals surface area contributed by atoms with Gasteiger partial charge in [-0.3, -0.25) is 9.89 Å². The molecule has 1 atom stereocenters. The third-order valence-electron chi connectivity index (χ3n) is 2.40. The Morgan fingerprint density at radius 1 is 1.47 bits per heavy atom. The van der Waals surface area contributed by atoms with Gasteiger partial charge in [0.15, 0.2) is 0 Å². The van der Waals surface area contributed by atoms with Gasteiger partial charge in [0, 0.05) is 5.69 Å². The molecule has 1 heterocycles. The minimum absolute atomic E-state index is 0.230. The Bertz CT molecular complexity index is 508. The third-order valence-corrected chi connectivity index (χ3v) is 2.40. The molecule has 0 radical (unpaired) electrons. The van der Waals surface area contributed by atoms with E-state index in [-0.39, 0.29) is 11.9 Å². The molecular weight excluding hydrogens is 218 g/mol. The molecule has 6 nitrogen and oxygen atoms in total. The van der Waals surface area contributed by atoms with Crippen LogP contribution in [0.4, 0.5) is 5.69 Å². The zero-order valence-electron chi connectivity index (χ0n) is 9.34.